The van der Waals surface area contributed by atoms with Gasteiger partial charge in [0.1, 0.15) is 5.69 Å². The molecule has 0 bridgehead atoms. The second-order valence-electron chi connectivity index (χ2n) is 6.88. The van der Waals surface area contributed by atoms with Crippen molar-refractivity contribution in [3.63, 3.8) is 0 Å². The Morgan fingerprint density at radius 3 is 2.65 bits per heavy atom. The van der Waals surface area contributed by atoms with E-state index in [4.69, 9.17) is 5.73 Å². The number of nitrogens with two attached hydrogens (primary N) is 1. The standard InChI is InChI=1S/C20H19N7O3S/c21-18(29)12-1-3-13(4-2-12)24-17(28)11-27-8-5-14-16(10-27)31-20(25-14)26-19(30)15-9-22-6-7-23-15/h1-4,6-7,9H,5,8,10-11H2,(H2,21,29)(H,24,28)(H,25,26,30). The summed E-state index contributed by atoms with van der Waals surface area (Å²) in [6, 6.07) is 6.42. The maximum absolute atomic E-state index is 12.4. The van der Waals surface area contributed by atoms with Gasteiger partial charge in [0.05, 0.1) is 18.4 Å². The first kappa shape index (κ1) is 20.6. The van der Waals surface area contributed by atoms with Gasteiger partial charge in [0, 0.05) is 48.0 Å². The molecule has 31 heavy (non-hydrogen) atoms. The summed E-state index contributed by atoms with van der Waals surface area (Å²) in [5.74, 6) is -1.03. The summed E-state index contributed by atoms with van der Waals surface area (Å²) in [5.41, 5.74) is 7.35. The van der Waals surface area contributed by atoms with E-state index in [-0.39, 0.29) is 24.1 Å². The molecule has 1 aliphatic heterocycles. The van der Waals surface area contributed by atoms with Crippen LogP contribution in [-0.4, -0.2) is 50.7 Å². The van der Waals surface area contributed by atoms with Gasteiger partial charge in [-0.05, 0) is 24.3 Å². The fourth-order valence-electron chi connectivity index (χ4n) is 3.14. The first-order valence-electron chi connectivity index (χ1n) is 9.46. The van der Waals surface area contributed by atoms with Crippen molar-refractivity contribution in [3.05, 3.63) is 64.7 Å². The molecule has 1 aromatic carbocycles. The van der Waals surface area contributed by atoms with Crippen LogP contribution in [0.15, 0.2) is 42.9 Å². The van der Waals surface area contributed by atoms with E-state index in [1.165, 1.54) is 29.9 Å². The van der Waals surface area contributed by atoms with Crippen LogP contribution in [0.5, 0.6) is 0 Å². The van der Waals surface area contributed by atoms with Crippen molar-refractivity contribution in [1.82, 2.24) is 19.9 Å². The molecule has 4 rings (SSSR count). The van der Waals surface area contributed by atoms with Crippen LogP contribution in [0.3, 0.4) is 0 Å². The molecule has 11 heteroatoms. The maximum atomic E-state index is 12.4. The summed E-state index contributed by atoms with van der Waals surface area (Å²) in [6.45, 7) is 1.47. The van der Waals surface area contributed by atoms with Gasteiger partial charge in [-0.3, -0.25) is 29.6 Å². The second kappa shape index (κ2) is 8.98. The molecule has 0 fully saturated rings. The van der Waals surface area contributed by atoms with Crippen molar-refractivity contribution in [2.75, 3.05) is 23.7 Å². The Balaban J connectivity index is 1.33. The molecule has 2 aromatic heterocycles. The number of anilines is 2. The summed E-state index contributed by atoms with van der Waals surface area (Å²) in [7, 11) is 0. The summed E-state index contributed by atoms with van der Waals surface area (Å²) < 4.78 is 0. The second-order valence-corrected chi connectivity index (χ2v) is 7.97. The number of rotatable bonds is 6. The predicted octanol–water partition coefficient (Wildman–Crippen LogP) is 1.28. The molecule has 4 N–H and O–H groups in total. The monoisotopic (exact) mass is 437 g/mol. The van der Waals surface area contributed by atoms with Gasteiger partial charge in [-0.25, -0.2) is 9.97 Å². The highest BCUT2D eigenvalue weighted by molar-refractivity contribution is 7.15. The van der Waals surface area contributed by atoms with E-state index in [0.29, 0.717) is 35.9 Å². The molecule has 0 aliphatic carbocycles. The third kappa shape index (κ3) is 5.08. The number of hydrogen-bond donors (Lipinski definition) is 3. The largest absolute Gasteiger partial charge is 0.366 e. The molecule has 3 amide bonds. The van der Waals surface area contributed by atoms with E-state index in [0.717, 1.165) is 10.6 Å². The van der Waals surface area contributed by atoms with Gasteiger partial charge in [-0.15, -0.1) is 11.3 Å². The van der Waals surface area contributed by atoms with E-state index in [1.807, 2.05) is 4.90 Å². The number of fused-ring (bicyclic) bond motifs is 1. The number of aromatic nitrogens is 3. The van der Waals surface area contributed by atoms with E-state index < -0.39 is 5.91 Å². The Morgan fingerprint density at radius 1 is 1.13 bits per heavy atom. The first-order valence-corrected chi connectivity index (χ1v) is 10.3. The van der Waals surface area contributed by atoms with Gasteiger partial charge in [0.2, 0.25) is 11.8 Å². The van der Waals surface area contributed by atoms with Crippen molar-refractivity contribution in [2.24, 2.45) is 5.73 Å². The SMILES string of the molecule is NC(=O)c1ccc(NC(=O)CN2CCc3nc(NC(=O)c4cnccn4)sc3C2)cc1. The number of carbonyl (C=O) groups excluding carboxylic acids is 3. The lowest BCUT2D eigenvalue weighted by Crippen LogP contribution is -2.36. The number of carbonyl (C=O) groups is 3. The molecule has 158 valence electrons. The van der Waals surface area contributed by atoms with E-state index in [2.05, 4.69) is 25.6 Å². The zero-order valence-electron chi connectivity index (χ0n) is 16.4. The molecule has 0 saturated heterocycles. The van der Waals surface area contributed by atoms with E-state index in [1.54, 1.807) is 24.3 Å². The summed E-state index contributed by atoms with van der Waals surface area (Å²) in [6.07, 6.45) is 5.04. The van der Waals surface area contributed by atoms with Crippen LogP contribution >= 0.6 is 11.3 Å². The summed E-state index contributed by atoms with van der Waals surface area (Å²) in [5, 5.41) is 6.07. The minimum atomic E-state index is -0.515. The fraction of sp³-hybridized carbons (Fsp3) is 0.200. The van der Waals surface area contributed by atoms with Crippen molar-refractivity contribution >= 4 is 39.9 Å². The third-order valence-corrected chi connectivity index (χ3v) is 5.64. The smallest absolute Gasteiger partial charge is 0.277 e. The lowest BCUT2D eigenvalue weighted by Gasteiger charge is -2.25. The number of nitrogens with zero attached hydrogens (tertiary/aromatic N) is 4. The Kier molecular flexibility index (Phi) is 5.96. The molecular weight excluding hydrogens is 418 g/mol. The average molecular weight is 437 g/mol. The van der Waals surface area contributed by atoms with Crippen LogP contribution in [-0.2, 0) is 17.8 Å². The molecule has 0 spiro atoms. The van der Waals surface area contributed by atoms with Crippen LogP contribution in [0.1, 0.15) is 31.4 Å². The molecule has 10 nitrogen and oxygen atoms in total. The topological polar surface area (TPSA) is 143 Å². The molecular formula is C20H19N7O3S. The summed E-state index contributed by atoms with van der Waals surface area (Å²) >= 11 is 1.39. The Labute approximate surface area is 181 Å². The van der Waals surface area contributed by atoms with Crippen LogP contribution in [0, 0.1) is 0 Å². The number of nitrogens with one attached hydrogen (secondary N) is 2. The van der Waals surface area contributed by atoms with E-state index >= 15 is 0 Å². The normalized spacial score (nSPS) is 13.3. The Morgan fingerprint density at radius 2 is 1.94 bits per heavy atom. The zero-order valence-corrected chi connectivity index (χ0v) is 17.2. The molecule has 0 radical (unpaired) electrons. The number of hydrogen-bond acceptors (Lipinski definition) is 8. The molecule has 0 unspecified atom stereocenters. The highest BCUT2D eigenvalue weighted by Gasteiger charge is 2.23. The minimum Gasteiger partial charge on any atom is -0.366 e. The molecule has 3 heterocycles. The number of primary amides is 1. The highest BCUT2D eigenvalue weighted by Crippen LogP contribution is 2.28. The third-order valence-electron chi connectivity index (χ3n) is 4.65. The maximum Gasteiger partial charge on any atom is 0.277 e. The van der Waals surface area contributed by atoms with Gasteiger partial charge < -0.3 is 11.1 Å². The number of thiazole rings is 1. The quantitative estimate of drug-likeness (QED) is 0.527. The number of benzene rings is 1. The van der Waals surface area contributed by atoms with Gasteiger partial charge in [0.15, 0.2) is 5.13 Å². The van der Waals surface area contributed by atoms with Gasteiger partial charge in [-0.2, -0.15) is 0 Å². The van der Waals surface area contributed by atoms with Crippen LogP contribution in [0.4, 0.5) is 10.8 Å². The average Bonchev–Trinajstić information content (AvgIpc) is 3.16. The van der Waals surface area contributed by atoms with Crippen LogP contribution < -0.4 is 16.4 Å². The Bertz CT molecular complexity index is 1120. The van der Waals surface area contributed by atoms with Crippen LogP contribution in [0.25, 0.3) is 0 Å². The zero-order chi connectivity index (χ0) is 21.8. The van der Waals surface area contributed by atoms with E-state index in [9.17, 15) is 14.4 Å². The fourth-order valence-corrected chi connectivity index (χ4v) is 4.18. The minimum absolute atomic E-state index is 0.157. The summed E-state index contributed by atoms with van der Waals surface area (Å²) in [4.78, 5) is 51.1. The van der Waals surface area contributed by atoms with Crippen molar-refractivity contribution < 1.29 is 14.4 Å². The number of amides is 3. The molecule has 0 atom stereocenters. The molecule has 1 aliphatic rings. The lowest BCUT2D eigenvalue weighted by atomic mass is 10.2. The van der Waals surface area contributed by atoms with Crippen LogP contribution in [0.2, 0.25) is 0 Å². The van der Waals surface area contributed by atoms with Gasteiger partial charge >= 0.3 is 0 Å². The van der Waals surface area contributed by atoms with Gasteiger partial charge in [0.25, 0.3) is 5.91 Å². The van der Waals surface area contributed by atoms with Crippen molar-refractivity contribution in [2.45, 2.75) is 13.0 Å². The molecule has 0 saturated carbocycles. The van der Waals surface area contributed by atoms with Gasteiger partial charge in [-0.1, -0.05) is 0 Å². The Hall–Kier alpha value is -3.70. The van der Waals surface area contributed by atoms with Crippen molar-refractivity contribution in [1.29, 1.82) is 0 Å². The highest BCUT2D eigenvalue weighted by atomic mass is 32.1. The molecule has 3 aromatic rings. The first-order chi connectivity index (χ1) is 15.0. The lowest BCUT2D eigenvalue weighted by molar-refractivity contribution is -0.117. The predicted molar refractivity (Wildman–Crippen MR) is 115 cm³/mol. The van der Waals surface area contributed by atoms with Crippen molar-refractivity contribution in [3.8, 4) is 0 Å².